The molecule has 1 unspecified atom stereocenters. The molecule has 148 valence electrons. The van der Waals surface area contributed by atoms with Gasteiger partial charge in [-0.3, -0.25) is 4.40 Å². The molecular weight excluding hydrogens is 367 g/mol. The van der Waals surface area contributed by atoms with Gasteiger partial charge in [-0.1, -0.05) is 6.92 Å². The number of fused-ring (bicyclic) bond motifs is 1. The summed E-state index contributed by atoms with van der Waals surface area (Å²) in [5.74, 6) is -0.0952. The second-order valence-corrected chi connectivity index (χ2v) is 7.19. The van der Waals surface area contributed by atoms with Crippen LogP contribution in [-0.2, 0) is 0 Å². The number of pyridine rings is 1. The van der Waals surface area contributed by atoms with Crippen molar-refractivity contribution in [2.45, 2.75) is 19.4 Å². The molecule has 0 amide bonds. The topological polar surface area (TPSA) is 72.3 Å². The van der Waals surface area contributed by atoms with E-state index in [-0.39, 0.29) is 11.8 Å². The minimum Gasteiger partial charge on any atom is -0.368 e. The maximum atomic E-state index is 13.5. The molecule has 0 fully saturated rings. The van der Waals surface area contributed by atoms with E-state index in [1.54, 1.807) is 24.4 Å². The number of benzene rings is 1. The van der Waals surface area contributed by atoms with E-state index in [4.69, 9.17) is 10.7 Å². The highest BCUT2D eigenvalue weighted by Gasteiger charge is 2.19. The summed E-state index contributed by atoms with van der Waals surface area (Å²) in [6.07, 6.45) is 4.62. The lowest BCUT2D eigenvalue weighted by molar-refractivity contribution is 0.292. The smallest absolute Gasteiger partial charge is 0.220 e. The number of hydrogen-bond acceptors (Lipinski definition) is 5. The summed E-state index contributed by atoms with van der Waals surface area (Å²) < 4.78 is 15.5. The molecule has 4 aromatic rings. The van der Waals surface area contributed by atoms with Gasteiger partial charge in [0.05, 0.1) is 17.1 Å². The van der Waals surface area contributed by atoms with E-state index >= 15 is 0 Å². The Bertz CT molecular complexity index is 1150. The van der Waals surface area contributed by atoms with Crippen LogP contribution < -0.4 is 5.73 Å². The minimum atomic E-state index is -0.288. The average molecular weight is 390 g/mol. The molecule has 3 heterocycles. The summed E-state index contributed by atoms with van der Waals surface area (Å²) in [6.45, 7) is 2.17. The molecule has 0 aliphatic heterocycles. The van der Waals surface area contributed by atoms with Crippen molar-refractivity contribution in [1.82, 2.24) is 24.3 Å². The van der Waals surface area contributed by atoms with Crippen LogP contribution in [0, 0.1) is 5.82 Å². The average Bonchev–Trinajstić information content (AvgIpc) is 3.07. The van der Waals surface area contributed by atoms with Gasteiger partial charge in [0.15, 0.2) is 0 Å². The Morgan fingerprint density at radius 1 is 1.10 bits per heavy atom. The fraction of sp³-hybridized carbons (Fsp3) is 0.227. The second-order valence-electron chi connectivity index (χ2n) is 7.19. The summed E-state index contributed by atoms with van der Waals surface area (Å²) in [7, 11) is 4.14. The molecule has 0 bridgehead atoms. The number of nitrogens with zero attached hydrogens (tertiary/aromatic N) is 5. The molecule has 0 radical (unpaired) electrons. The van der Waals surface area contributed by atoms with Gasteiger partial charge < -0.3 is 10.6 Å². The van der Waals surface area contributed by atoms with E-state index < -0.39 is 0 Å². The first-order chi connectivity index (χ1) is 14.0. The zero-order valence-corrected chi connectivity index (χ0v) is 16.7. The lowest BCUT2D eigenvalue weighted by atomic mass is 10.1. The van der Waals surface area contributed by atoms with Crippen molar-refractivity contribution in [2.24, 2.45) is 0 Å². The Morgan fingerprint density at radius 2 is 1.86 bits per heavy atom. The van der Waals surface area contributed by atoms with Crippen molar-refractivity contribution in [3.8, 4) is 22.6 Å². The first-order valence-corrected chi connectivity index (χ1v) is 9.51. The van der Waals surface area contributed by atoms with Crippen molar-refractivity contribution < 1.29 is 4.39 Å². The molecule has 6 nitrogen and oxygen atoms in total. The SMILES string of the molecule is CCC(c1ccn2c(-c3ccnc(N)n3)c(-c3ccc(F)cc3)nc2c1)N(C)C. The zero-order chi connectivity index (χ0) is 20.5. The normalized spacial score (nSPS) is 12.6. The van der Waals surface area contributed by atoms with Crippen LogP contribution in [0.1, 0.15) is 24.9 Å². The van der Waals surface area contributed by atoms with Gasteiger partial charge >= 0.3 is 0 Å². The Kier molecular flexibility index (Phi) is 4.98. The number of imidazole rings is 1. The van der Waals surface area contributed by atoms with Crippen LogP contribution in [-0.4, -0.2) is 38.3 Å². The third kappa shape index (κ3) is 3.56. The largest absolute Gasteiger partial charge is 0.368 e. The van der Waals surface area contributed by atoms with Crippen LogP contribution in [0.3, 0.4) is 0 Å². The Morgan fingerprint density at radius 3 is 2.52 bits per heavy atom. The van der Waals surface area contributed by atoms with Crippen molar-refractivity contribution in [2.75, 3.05) is 19.8 Å². The second kappa shape index (κ2) is 7.60. The highest BCUT2D eigenvalue weighted by atomic mass is 19.1. The summed E-state index contributed by atoms with van der Waals surface area (Å²) >= 11 is 0. The maximum absolute atomic E-state index is 13.5. The Balaban J connectivity index is 1.96. The van der Waals surface area contributed by atoms with Crippen molar-refractivity contribution in [1.29, 1.82) is 0 Å². The number of nitrogens with two attached hydrogens (primary N) is 1. The van der Waals surface area contributed by atoms with Crippen LogP contribution >= 0.6 is 0 Å². The van der Waals surface area contributed by atoms with Gasteiger partial charge in [0, 0.05) is 24.0 Å². The summed E-state index contributed by atoms with van der Waals surface area (Å²) in [5, 5.41) is 0. The van der Waals surface area contributed by atoms with Gasteiger partial charge in [-0.05, 0) is 68.5 Å². The van der Waals surface area contributed by atoms with Gasteiger partial charge in [0.2, 0.25) is 5.95 Å². The van der Waals surface area contributed by atoms with Crippen molar-refractivity contribution >= 4 is 11.6 Å². The molecule has 0 saturated carbocycles. The van der Waals surface area contributed by atoms with Gasteiger partial charge in [0.25, 0.3) is 0 Å². The van der Waals surface area contributed by atoms with Gasteiger partial charge in [-0.15, -0.1) is 0 Å². The lowest BCUT2D eigenvalue weighted by Crippen LogP contribution is -2.19. The molecule has 2 N–H and O–H groups in total. The molecule has 1 atom stereocenters. The number of anilines is 1. The number of rotatable bonds is 5. The Hall–Kier alpha value is -3.32. The van der Waals surface area contributed by atoms with Crippen LogP contribution in [0.5, 0.6) is 0 Å². The quantitative estimate of drug-likeness (QED) is 0.553. The molecule has 1 aromatic carbocycles. The van der Waals surface area contributed by atoms with Gasteiger partial charge in [0.1, 0.15) is 11.5 Å². The third-order valence-corrected chi connectivity index (χ3v) is 5.08. The fourth-order valence-corrected chi connectivity index (χ4v) is 3.73. The molecule has 0 aliphatic rings. The number of aromatic nitrogens is 4. The lowest BCUT2D eigenvalue weighted by Gasteiger charge is -2.23. The van der Waals surface area contributed by atoms with Crippen LogP contribution in [0.15, 0.2) is 54.9 Å². The van der Waals surface area contributed by atoms with E-state index in [1.165, 1.54) is 17.7 Å². The van der Waals surface area contributed by atoms with E-state index in [0.717, 1.165) is 29.0 Å². The van der Waals surface area contributed by atoms with Crippen LogP contribution in [0.4, 0.5) is 10.3 Å². The standard InChI is InChI=1S/C22H23FN6/c1-4-18(28(2)3)15-10-12-29-19(13-15)27-20(14-5-7-16(23)8-6-14)21(29)17-9-11-25-22(24)26-17/h5-13,18H,4H2,1-3H3,(H2,24,25,26). The monoisotopic (exact) mass is 390 g/mol. The maximum Gasteiger partial charge on any atom is 0.220 e. The van der Waals surface area contributed by atoms with E-state index in [0.29, 0.717) is 11.7 Å². The molecule has 4 rings (SSSR count). The van der Waals surface area contributed by atoms with E-state index in [9.17, 15) is 4.39 Å². The van der Waals surface area contributed by atoms with Crippen molar-refractivity contribution in [3.63, 3.8) is 0 Å². The fourth-order valence-electron chi connectivity index (χ4n) is 3.73. The molecule has 7 heteroatoms. The van der Waals surface area contributed by atoms with Crippen molar-refractivity contribution in [3.05, 3.63) is 66.2 Å². The first-order valence-electron chi connectivity index (χ1n) is 9.51. The highest BCUT2D eigenvalue weighted by molar-refractivity contribution is 5.80. The predicted octanol–water partition coefficient (Wildman–Crippen LogP) is 4.19. The number of nitrogen functional groups attached to an aromatic ring is 1. The van der Waals surface area contributed by atoms with Gasteiger partial charge in [-0.2, -0.15) is 0 Å². The summed E-state index contributed by atoms with van der Waals surface area (Å²) in [5.41, 5.74) is 10.8. The van der Waals surface area contributed by atoms with E-state index in [2.05, 4.69) is 48.0 Å². The predicted molar refractivity (Wildman–Crippen MR) is 113 cm³/mol. The molecule has 0 aliphatic carbocycles. The van der Waals surface area contributed by atoms with Crippen LogP contribution in [0.2, 0.25) is 0 Å². The minimum absolute atomic E-state index is 0.192. The van der Waals surface area contributed by atoms with Gasteiger partial charge in [-0.25, -0.2) is 19.3 Å². The molecule has 0 spiro atoms. The zero-order valence-electron chi connectivity index (χ0n) is 16.7. The summed E-state index contributed by atoms with van der Waals surface area (Å²) in [6, 6.07) is 12.6. The highest BCUT2D eigenvalue weighted by Crippen LogP contribution is 2.33. The van der Waals surface area contributed by atoms with Crippen LogP contribution in [0.25, 0.3) is 28.3 Å². The number of halogens is 1. The molecule has 0 saturated heterocycles. The summed E-state index contributed by atoms with van der Waals surface area (Å²) in [4.78, 5) is 15.5. The third-order valence-electron chi connectivity index (χ3n) is 5.08. The van der Waals surface area contributed by atoms with E-state index in [1.807, 2.05) is 10.6 Å². The number of hydrogen-bond donors (Lipinski definition) is 1. The molecule has 3 aromatic heterocycles. The Labute approximate surface area is 168 Å². The first kappa shape index (κ1) is 19.0. The molecule has 29 heavy (non-hydrogen) atoms. The molecular formula is C22H23FN6.